The van der Waals surface area contributed by atoms with E-state index in [1.807, 2.05) is 30.3 Å². The van der Waals surface area contributed by atoms with E-state index in [0.29, 0.717) is 31.0 Å². The van der Waals surface area contributed by atoms with E-state index in [9.17, 15) is 10.2 Å². The summed E-state index contributed by atoms with van der Waals surface area (Å²) in [5.41, 5.74) is 2.68. The van der Waals surface area contributed by atoms with Crippen LogP contribution in [-0.2, 0) is 17.9 Å². The third-order valence-electron chi connectivity index (χ3n) is 3.09. The Morgan fingerprint density at radius 1 is 1.22 bits per heavy atom. The van der Waals surface area contributed by atoms with Gasteiger partial charge in [0.25, 0.3) is 0 Å². The fraction of sp³-hybridized carbons (Fsp3) is 0.308. The standard InChI is InChI=1S/C13H14N2O3/c16-13(17)11-10-8-18-7-6-15(10)14-12(11)9-4-2-1-3-5-9/h1-5,13,16-17H,6-8H2. The molecule has 0 aliphatic carbocycles. The molecule has 0 fully saturated rings. The molecule has 1 aromatic carbocycles. The molecule has 1 aromatic heterocycles. The lowest BCUT2D eigenvalue weighted by molar-refractivity contribution is -0.0448. The van der Waals surface area contributed by atoms with E-state index >= 15 is 0 Å². The molecule has 0 spiro atoms. The van der Waals surface area contributed by atoms with Crippen LogP contribution < -0.4 is 0 Å². The van der Waals surface area contributed by atoms with Crippen LogP contribution in [0.2, 0.25) is 0 Å². The van der Waals surface area contributed by atoms with Gasteiger partial charge < -0.3 is 14.9 Å². The first-order chi connectivity index (χ1) is 8.77. The van der Waals surface area contributed by atoms with Crippen molar-refractivity contribution in [3.8, 4) is 11.3 Å². The van der Waals surface area contributed by atoms with Crippen LogP contribution in [-0.4, -0.2) is 26.6 Å². The summed E-state index contributed by atoms with van der Waals surface area (Å²) in [5.74, 6) is 0. The molecule has 5 heteroatoms. The highest BCUT2D eigenvalue weighted by Crippen LogP contribution is 2.31. The van der Waals surface area contributed by atoms with E-state index in [1.54, 1.807) is 4.68 Å². The summed E-state index contributed by atoms with van der Waals surface area (Å²) in [6, 6.07) is 9.52. The van der Waals surface area contributed by atoms with Crippen molar-refractivity contribution in [2.75, 3.05) is 6.61 Å². The summed E-state index contributed by atoms with van der Waals surface area (Å²) in [5, 5.41) is 23.6. The van der Waals surface area contributed by atoms with E-state index in [4.69, 9.17) is 4.74 Å². The average molecular weight is 246 g/mol. The Morgan fingerprint density at radius 3 is 2.72 bits per heavy atom. The molecule has 0 atom stereocenters. The largest absolute Gasteiger partial charge is 0.373 e. The van der Waals surface area contributed by atoms with Crippen molar-refractivity contribution in [1.29, 1.82) is 0 Å². The highest BCUT2D eigenvalue weighted by Gasteiger charge is 2.25. The van der Waals surface area contributed by atoms with Crippen LogP contribution in [0.15, 0.2) is 30.3 Å². The Bertz CT molecular complexity index is 549. The summed E-state index contributed by atoms with van der Waals surface area (Å²) >= 11 is 0. The van der Waals surface area contributed by atoms with Crippen LogP contribution in [0.4, 0.5) is 0 Å². The summed E-state index contributed by atoms with van der Waals surface area (Å²) in [6.07, 6.45) is -1.54. The van der Waals surface area contributed by atoms with E-state index in [1.165, 1.54) is 0 Å². The van der Waals surface area contributed by atoms with E-state index in [0.717, 1.165) is 11.3 Å². The number of rotatable bonds is 2. The van der Waals surface area contributed by atoms with Crippen LogP contribution in [0, 0.1) is 0 Å². The van der Waals surface area contributed by atoms with Crippen LogP contribution in [0.3, 0.4) is 0 Å². The van der Waals surface area contributed by atoms with Crippen LogP contribution in [0.5, 0.6) is 0 Å². The van der Waals surface area contributed by atoms with E-state index < -0.39 is 6.29 Å². The van der Waals surface area contributed by atoms with E-state index in [2.05, 4.69) is 5.10 Å². The highest BCUT2D eigenvalue weighted by atomic mass is 16.5. The molecule has 0 amide bonds. The van der Waals surface area contributed by atoms with Gasteiger partial charge in [-0.3, -0.25) is 4.68 Å². The number of aliphatic hydroxyl groups is 2. The van der Waals surface area contributed by atoms with Gasteiger partial charge in [0.1, 0.15) is 5.69 Å². The predicted molar refractivity (Wildman–Crippen MR) is 64.5 cm³/mol. The second-order valence-corrected chi connectivity index (χ2v) is 4.22. The van der Waals surface area contributed by atoms with E-state index in [-0.39, 0.29) is 0 Å². The summed E-state index contributed by atoms with van der Waals surface area (Å²) in [4.78, 5) is 0. The zero-order valence-electron chi connectivity index (χ0n) is 9.78. The third kappa shape index (κ3) is 1.82. The second kappa shape index (κ2) is 4.53. The van der Waals surface area contributed by atoms with Gasteiger partial charge in [-0.2, -0.15) is 5.10 Å². The molecule has 2 heterocycles. The molecule has 18 heavy (non-hydrogen) atoms. The lowest BCUT2D eigenvalue weighted by atomic mass is 10.1. The minimum Gasteiger partial charge on any atom is -0.373 e. The molecule has 1 aliphatic heterocycles. The Labute approximate surface area is 104 Å². The van der Waals surface area contributed by atoms with Crippen LogP contribution in [0.25, 0.3) is 11.3 Å². The van der Waals surface area contributed by atoms with Crippen molar-refractivity contribution in [2.45, 2.75) is 19.4 Å². The Hall–Kier alpha value is -1.69. The van der Waals surface area contributed by atoms with Gasteiger partial charge in [-0.25, -0.2) is 0 Å². The van der Waals surface area contributed by atoms with Crippen molar-refractivity contribution in [3.05, 3.63) is 41.6 Å². The van der Waals surface area contributed by atoms with Gasteiger partial charge in [0.05, 0.1) is 31.0 Å². The Morgan fingerprint density at radius 2 is 2.00 bits per heavy atom. The van der Waals surface area contributed by atoms with Gasteiger partial charge >= 0.3 is 0 Å². The molecule has 1 aliphatic rings. The lowest BCUT2D eigenvalue weighted by Crippen LogP contribution is -2.18. The average Bonchev–Trinajstić information content (AvgIpc) is 2.79. The van der Waals surface area contributed by atoms with Crippen LogP contribution in [0.1, 0.15) is 17.5 Å². The van der Waals surface area contributed by atoms with Crippen molar-refractivity contribution in [2.24, 2.45) is 0 Å². The van der Waals surface area contributed by atoms with Crippen molar-refractivity contribution >= 4 is 0 Å². The fourth-order valence-corrected chi connectivity index (χ4v) is 2.25. The van der Waals surface area contributed by atoms with Gasteiger partial charge in [0.15, 0.2) is 6.29 Å². The number of benzene rings is 1. The predicted octanol–water partition coefficient (Wildman–Crippen LogP) is 1.06. The quantitative estimate of drug-likeness (QED) is 0.778. The molecular formula is C13H14N2O3. The maximum atomic E-state index is 9.56. The molecule has 0 radical (unpaired) electrons. The van der Waals surface area contributed by atoms with Gasteiger partial charge in [0.2, 0.25) is 0 Å². The molecule has 2 N–H and O–H groups in total. The molecule has 94 valence electrons. The molecular weight excluding hydrogens is 232 g/mol. The van der Waals surface area contributed by atoms with Gasteiger partial charge in [-0.1, -0.05) is 30.3 Å². The Kier molecular flexibility index (Phi) is 2.87. The normalized spacial score (nSPS) is 14.8. The van der Waals surface area contributed by atoms with Crippen LogP contribution >= 0.6 is 0 Å². The maximum absolute atomic E-state index is 9.56. The number of aromatic nitrogens is 2. The van der Waals surface area contributed by atoms with Gasteiger partial charge in [0, 0.05) is 5.56 Å². The third-order valence-corrected chi connectivity index (χ3v) is 3.09. The number of fused-ring (bicyclic) bond motifs is 1. The number of hydrogen-bond donors (Lipinski definition) is 2. The smallest absolute Gasteiger partial charge is 0.182 e. The number of ether oxygens (including phenoxy) is 1. The number of aliphatic hydroxyl groups excluding tert-OH is 1. The first kappa shape index (κ1) is 11.4. The SMILES string of the molecule is OC(O)c1c(-c2ccccc2)nn2c1COCC2. The monoisotopic (exact) mass is 246 g/mol. The topological polar surface area (TPSA) is 67.5 Å². The molecule has 0 saturated carbocycles. The number of hydrogen-bond acceptors (Lipinski definition) is 4. The van der Waals surface area contributed by atoms with Crippen molar-refractivity contribution < 1.29 is 14.9 Å². The van der Waals surface area contributed by atoms with Gasteiger partial charge in [-0.05, 0) is 0 Å². The molecule has 2 aromatic rings. The Balaban J connectivity index is 2.17. The summed E-state index contributed by atoms with van der Waals surface area (Å²) in [7, 11) is 0. The summed E-state index contributed by atoms with van der Waals surface area (Å²) < 4.78 is 7.15. The molecule has 0 saturated heterocycles. The first-order valence-corrected chi connectivity index (χ1v) is 5.86. The number of nitrogens with zero attached hydrogens (tertiary/aromatic N) is 2. The van der Waals surface area contributed by atoms with Crippen molar-refractivity contribution in [1.82, 2.24) is 9.78 Å². The maximum Gasteiger partial charge on any atom is 0.182 e. The summed E-state index contributed by atoms with van der Waals surface area (Å²) in [6.45, 7) is 1.61. The molecule has 3 rings (SSSR count). The first-order valence-electron chi connectivity index (χ1n) is 5.86. The molecule has 0 unspecified atom stereocenters. The fourth-order valence-electron chi connectivity index (χ4n) is 2.25. The highest BCUT2D eigenvalue weighted by molar-refractivity contribution is 5.64. The minimum atomic E-state index is -1.54. The van der Waals surface area contributed by atoms with Gasteiger partial charge in [-0.15, -0.1) is 0 Å². The minimum absolute atomic E-state index is 0.368. The molecule has 0 bridgehead atoms. The molecule has 5 nitrogen and oxygen atoms in total. The zero-order valence-corrected chi connectivity index (χ0v) is 9.78. The lowest BCUT2D eigenvalue weighted by Gasteiger charge is -2.15. The zero-order chi connectivity index (χ0) is 12.5. The second-order valence-electron chi connectivity index (χ2n) is 4.22. The van der Waals surface area contributed by atoms with Crippen molar-refractivity contribution in [3.63, 3.8) is 0 Å².